The quantitative estimate of drug-likeness (QED) is 0.156. The van der Waals surface area contributed by atoms with Crippen LogP contribution in [0.1, 0.15) is 25.0 Å². The van der Waals surface area contributed by atoms with Crippen LogP contribution in [0, 0.1) is 0 Å². The summed E-state index contributed by atoms with van der Waals surface area (Å²) >= 11 is 0. The molecular weight excluding hydrogens is 761 g/mol. The minimum Gasteiger partial charge on any atom is -0.309 e. The Labute approximate surface area is 368 Å². The Balaban J connectivity index is 1.11. The van der Waals surface area contributed by atoms with Crippen molar-refractivity contribution in [3.63, 3.8) is 0 Å². The molecule has 1 aromatic heterocycles. The van der Waals surface area contributed by atoms with Crippen LogP contribution in [0.4, 0.5) is 17.1 Å². The molecule has 63 heavy (non-hydrogen) atoms. The normalized spacial score (nSPS) is 12.7. The lowest BCUT2D eigenvalue weighted by Gasteiger charge is -2.31. The SMILES string of the molecule is CC1(C)c2cc(-c3cccc(N(c4cccc(-n5c6ccccc6c6ccccc65)c4)c4ccccc4-c4ccccc4)c3-c3ccccc3)ccc2-c2cc3ccccc3cc21. The Morgan fingerprint density at radius 1 is 0.365 bits per heavy atom. The zero-order valence-corrected chi connectivity index (χ0v) is 35.3. The van der Waals surface area contributed by atoms with Crippen molar-refractivity contribution in [3.05, 3.63) is 242 Å². The predicted octanol–water partition coefficient (Wildman–Crippen LogP) is 16.7. The molecule has 1 aliphatic carbocycles. The number of fused-ring (bicyclic) bond motifs is 7. The lowest BCUT2D eigenvalue weighted by atomic mass is 9.80. The van der Waals surface area contributed by atoms with Gasteiger partial charge in [0.1, 0.15) is 0 Å². The highest BCUT2D eigenvalue weighted by atomic mass is 15.2. The average Bonchev–Trinajstić information content (AvgIpc) is 3.79. The maximum atomic E-state index is 2.49. The van der Waals surface area contributed by atoms with Gasteiger partial charge in [0.25, 0.3) is 0 Å². The molecule has 0 saturated carbocycles. The highest BCUT2D eigenvalue weighted by Crippen LogP contribution is 2.53. The van der Waals surface area contributed by atoms with Crippen molar-refractivity contribution in [3.8, 4) is 50.2 Å². The summed E-state index contributed by atoms with van der Waals surface area (Å²) in [7, 11) is 0. The fraction of sp³-hybridized carbons (Fsp3) is 0.0492. The molecular formula is C61H44N2. The van der Waals surface area contributed by atoms with Gasteiger partial charge in [0, 0.05) is 38.7 Å². The maximum Gasteiger partial charge on any atom is 0.0546 e. The smallest absolute Gasteiger partial charge is 0.0546 e. The van der Waals surface area contributed by atoms with E-state index in [1.54, 1.807) is 0 Å². The van der Waals surface area contributed by atoms with E-state index < -0.39 is 0 Å². The monoisotopic (exact) mass is 804 g/mol. The molecule has 0 fully saturated rings. The second-order valence-electron chi connectivity index (χ2n) is 17.3. The zero-order chi connectivity index (χ0) is 42.1. The second kappa shape index (κ2) is 14.6. The van der Waals surface area contributed by atoms with Crippen LogP contribution in [-0.4, -0.2) is 4.57 Å². The van der Waals surface area contributed by atoms with Crippen molar-refractivity contribution in [2.75, 3.05) is 4.90 Å². The molecule has 2 nitrogen and oxygen atoms in total. The summed E-state index contributed by atoms with van der Waals surface area (Å²) in [6.45, 7) is 4.77. The van der Waals surface area contributed by atoms with Gasteiger partial charge in [-0.25, -0.2) is 0 Å². The molecule has 0 N–H and O–H groups in total. The van der Waals surface area contributed by atoms with Crippen molar-refractivity contribution in [2.45, 2.75) is 19.3 Å². The van der Waals surface area contributed by atoms with E-state index in [0.29, 0.717) is 0 Å². The Bertz CT molecular complexity index is 3490. The number of benzene rings is 10. The molecule has 12 rings (SSSR count). The van der Waals surface area contributed by atoms with E-state index in [4.69, 9.17) is 0 Å². The van der Waals surface area contributed by atoms with Crippen LogP contribution < -0.4 is 4.90 Å². The highest BCUT2D eigenvalue weighted by molar-refractivity contribution is 6.09. The lowest BCUT2D eigenvalue weighted by molar-refractivity contribution is 0.661. The number of rotatable bonds is 7. The van der Waals surface area contributed by atoms with Gasteiger partial charge < -0.3 is 9.47 Å². The number of nitrogens with zero attached hydrogens (tertiary/aromatic N) is 2. The summed E-state index contributed by atoms with van der Waals surface area (Å²) in [6.07, 6.45) is 0. The van der Waals surface area contributed by atoms with E-state index in [1.165, 1.54) is 77.1 Å². The first-order valence-corrected chi connectivity index (χ1v) is 21.9. The van der Waals surface area contributed by atoms with Gasteiger partial charge in [-0.1, -0.05) is 184 Å². The molecule has 1 aliphatic rings. The summed E-state index contributed by atoms with van der Waals surface area (Å²) in [6, 6.07) is 84.8. The van der Waals surface area contributed by atoms with Gasteiger partial charge in [0.05, 0.1) is 22.4 Å². The van der Waals surface area contributed by atoms with Gasteiger partial charge in [-0.05, 0) is 116 Å². The lowest BCUT2D eigenvalue weighted by Crippen LogP contribution is -2.15. The minimum absolute atomic E-state index is 0.164. The van der Waals surface area contributed by atoms with Crippen LogP contribution in [-0.2, 0) is 5.41 Å². The van der Waals surface area contributed by atoms with E-state index >= 15 is 0 Å². The summed E-state index contributed by atoms with van der Waals surface area (Å²) in [5.41, 5.74) is 19.1. The van der Waals surface area contributed by atoms with E-state index in [-0.39, 0.29) is 5.41 Å². The van der Waals surface area contributed by atoms with E-state index in [0.717, 1.165) is 33.9 Å². The van der Waals surface area contributed by atoms with Gasteiger partial charge >= 0.3 is 0 Å². The number of hydrogen-bond donors (Lipinski definition) is 0. The fourth-order valence-electron chi connectivity index (χ4n) is 10.4. The third-order valence-corrected chi connectivity index (χ3v) is 13.4. The van der Waals surface area contributed by atoms with Crippen molar-refractivity contribution in [1.82, 2.24) is 4.57 Å². The Kier molecular flexibility index (Phi) is 8.55. The fourth-order valence-corrected chi connectivity index (χ4v) is 10.4. The van der Waals surface area contributed by atoms with E-state index in [1.807, 2.05) is 0 Å². The average molecular weight is 805 g/mol. The molecule has 0 spiro atoms. The van der Waals surface area contributed by atoms with Gasteiger partial charge in [-0.15, -0.1) is 0 Å². The number of hydrogen-bond acceptors (Lipinski definition) is 1. The molecule has 0 unspecified atom stereocenters. The van der Waals surface area contributed by atoms with Crippen LogP contribution >= 0.6 is 0 Å². The van der Waals surface area contributed by atoms with Crippen LogP contribution in [0.25, 0.3) is 82.8 Å². The van der Waals surface area contributed by atoms with E-state index in [2.05, 4.69) is 254 Å². The third-order valence-electron chi connectivity index (χ3n) is 13.4. The molecule has 0 bridgehead atoms. The first kappa shape index (κ1) is 36.9. The zero-order valence-electron chi connectivity index (χ0n) is 35.3. The standard InChI is InChI=1S/C61H44N2/c1-61(2)54-39-45(35-36-50(54)53-37-43-23-9-10-24-44(43)38-55(53)61)49-30-18-34-59(60(49)42-21-7-4-8-22-42)63(56-31-14-11-27-48(56)41-19-5-3-6-20-41)47-26-17-25-46(40-47)62-57-32-15-12-28-51(57)52-29-13-16-33-58(52)62/h3-40H,1-2H3. The number of aromatic nitrogens is 1. The molecule has 10 aromatic carbocycles. The topological polar surface area (TPSA) is 8.17 Å². The first-order chi connectivity index (χ1) is 31.0. The summed E-state index contributed by atoms with van der Waals surface area (Å²) < 4.78 is 2.41. The van der Waals surface area contributed by atoms with E-state index in [9.17, 15) is 0 Å². The molecule has 0 saturated heterocycles. The molecule has 1 heterocycles. The van der Waals surface area contributed by atoms with Gasteiger partial charge in [-0.3, -0.25) is 0 Å². The molecule has 0 amide bonds. The van der Waals surface area contributed by atoms with Gasteiger partial charge in [0.15, 0.2) is 0 Å². The van der Waals surface area contributed by atoms with Crippen molar-refractivity contribution >= 4 is 49.6 Å². The largest absolute Gasteiger partial charge is 0.309 e. The molecule has 0 aliphatic heterocycles. The van der Waals surface area contributed by atoms with Crippen LogP contribution in [0.2, 0.25) is 0 Å². The van der Waals surface area contributed by atoms with Crippen molar-refractivity contribution in [1.29, 1.82) is 0 Å². The summed E-state index contributed by atoms with van der Waals surface area (Å²) in [4.78, 5) is 2.49. The Morgan fingerprint density at radius 2 is 0.937 bits per heavy atom. The molecule has 11 aromatic rings. The van der Waals surface area contributed by atoms with Crippen molar-refractivity contribution < 1.29 is 0 Å². The summed E-state index contributed by atoms with van der Waals surface area (Å²) in [5, 5.41) is 5.06. The molecule has 0 atom stereocenters. The van der Waals surface area contributed by atoms with Gasteiger partial charge in [0.2, 0.25) is 0 Å². The Morgan fingerprint density at radius 3 is 1.68 bits per heavy atom. The van der Waals surface area contributed by atoms with Crippen molar-refractivity contribution in [2.24, 2.45) is 0 Å². The van der Waals surface area contributed by atoms with Crippen LogP contribution in [0.5, 0.6) is 0 Å². The predicted molar refractivity (Wildman–Crippen MR) is 267 cm³/mol. The minimum atomic E-state index is -0.164. The maximum absolute atomic E-state index is 2.49. The molecule has 0 radical (unpaired) electrons. The second-order valence-corrected chi connectivity index (χ2v) is 17.3. The van der Waals surface area contributed by atoms with Crippen LogP contribution in [0.3, 0.4) is 0 Å². The third kappa shape index (κ3) is 5.94. The number of anilines is 3. The highest BCUT2D eigenvalue weighted by Gasteiger charge is 2.36. The molecule has 298 valence electrons. The Hall–Kier alpha value is -7.94. The molecule has 2 heteroatoms. The summed E-state index contributed by atoms with van der Waals surface area (Å²) in [5.74, 6) is 0. The van der Waals surface area contributed by atoms with Gasteiger partial charge in [-0.2, -0.15) is 0 Å². The van der Waals surface area contributed by atoms with Crippen LogP contribution in [0.15, 0.2) is 231 Å². The number of para-hydroxylation sites is 3. The first-order valence-electron chi connectivity index (χ1n) is 21.9.